The second kappa shape index (κ2) is 3.84. The summed E-state index contributed by atoms with van der Waals surface area (Å²) in [4.78, 5) is 13.1. The Morgan fingerprint density at radius 2 is 2.20 bits per heavy atom. The number of carbonyl (C=O) groups excluding carboxylic acids is 1. The quantitative estimate of drug-likeness (QED) is 0.704. The third-order valence-corrected chi connectivity index (χ3v) is 2.58. The molecule has 0 saturated carbocycles. The smallest absolute Gasteiger partial charge is 0.239 e. The van der Waals surface area contributed by atoms with Gasteiger partial charge < -0.3 is 10.2 Å². The van der Waals surface area contributed by atoms with E-state index in [0.717, 1.165) is 23.6 Å². The van der Waals surface area contributed by atoms with Crippen LogP contribution in [0.5, 0.6) is 0 Å². The van der Waals surface area contributed by atoms with Crippen molar-refractivity contribution in [2.24, 2.45) is 0 Å². The summed E-state index contributed by atoms with van der Waals surface area (Å²) < 4.78 is 0. The molecule has 0 unspecified atom stereocenters. The van der Waals surface area contributed by atoms with Crippen LogP contribution >= 0.6 is 0 Å². The van der Waals surface area contributed by atoms with Gasteiger partial charge in [-0.15, -0.1) is 5.10 Å². The number of nitrogens with zero attached hydrogens (tertiary/aromatic N) is 3. The zero-order valence-corrected chi connectivity index (χ0v) is 8.95. The topological polar surface area (TPSA) is 58.1 Å². The number of anilines is 1. The van der Waals surface area contributed by atoms with Crippen molar-refractivity contribution in [2.75, 3.05) is 24.5 Å². The lowest BCUT2D eigenvalue weighted by Gasteiger charge is -2.27. The molecule has 15 heavy (non-hydrogen) atoms. The maximum Gasteiger partial charge on any atom is 0.239 e. The van der Waals surface area contributed by atoms with E-state index in [0.29, 0.717) is 13.1 Å². The maximum atomic E-state index is 11.2. The Bertz CT molecular complexity index is 391. The Labute approximate surface area is 88.5 Å². The van der Waals surface area contributed by atoms with E-state index in [-0.39, 0.29) is 5.91 Å². The van der Waals surface area contributed by atoms with Gasteiger partial charge in [-0.3, -0.25) is 4.79 Å². The molecule has 2 heterocycles. The van der Waals surface area contributed by atoms with Crippen LogP contribution in [0.1, 0.15) is 11.3 Å². The van der Waals surface area contributed by atoms with Gasteiger partial charge in [-0.05, 0) is 25.5 Å². The summed E-state index contributed by atoms with van der Waals surface area (Å²) in [5.41, 5.74) is 2.03. The minimum Gasteiger partial charge on any atom is -0.353 e. The predicted molar refractivity (Wildman–Crippen MR) is 56.7 cm³/mol. The lowest BCUT2D eigenvalue weighted by atomic mass is 10.2. The van der Waals surface area contributed by atoms with Crippen molar-refractivity contribution in [3.63, 3.8) is 0 Å². The second-order valence-corrected chi connectivity index (χ2v) is 3.74. The summed E-state index contributed by atoms with van der Waals surface area (Å²) >= 11 is 0. The van der Waals surface area contributed by atoms with E-state index in [2.05, 4.69) is 15.5 Å². The molecule has 5 nitrogen and oxygen atoms in total. The van der Waals surface area contributed by atoms with Crippen LogP contribution in [0, 0.1) is 13.8 Å². The molecule has 1 aliphatic rings. The van der Waals surface area contributed by atoms with E-state index >= 15 is 0 Å². The number of piperazine rings is 1. The van der Waals surface area contributed by atoms with Gasteiger partial charge in [-0.2, -0.15) is 5.10 Å². The van der Waals surface area contributed by atoms with Gasteiger partial charge in [0.25, 0.3) is 0 Å². The van der Waals surface area contributed by atoms with Crippen LogP contribution < -0.4 is 10.2 Å². The van der Waals surface area contributed by atoms with Gasteiger partial charge in [0, 0.05) is 13.1 Å². The molecular formula is C10H14N4O. The number of hydrogen-bond donors (Lipinski definition) is 1. The van der Waals surface area contributed by atoms with Gasteiger partial charge in [-0.1, -0.05) is 0 Å². The average Bonchev–Trinajstić information content (AvgIpc) is 2.22. The Morgan fingerprint density at radius 3 is 2.87 bits per heavy atom. The highest BCUT2D eigenvalue weighted by Gasteiger charge is 2.17. The van der Waals surface area contributed by atoms with E-state index in [9.17, 15) is 4.79 Å². The summed E-state index contributed by atoms with van der Waals surface area (Å²) in [6.07, 6.45) is 0. The largest absolute Gasteiger partial charge is 0.353 e. The molecule has 0 bridgehead atoms. The third-order valence-electron chi connectivity index (χ3n) is 2.58. The molecule has 1 aromatic rings. The fraction of sp³-hybridized carbons (Fsp3) is 0.500. The standard InChI is InChI=1S/C10H14N4O/c1-7-5-9(13-12-8(7)2)14-4-3-11-10(15)6-14/h5H,3-4,6H2,1-2H3,(H,11,15). The summed E-state index contributed by atoms with van der Waals surface area (Å²) in [5.74, 6) is 0.828. The maximum absolute atomic E-state index is 11.2. The highest BCUT2D eigenvalue weighted by molar-refractivity contribution is 5.82. The van der Waals surface area contributed by atoms with Crippen molar-refractivity contribution in [3.8, 4) is 0 Å². The number of amides is 1. The highest BCUT2D eigenvalue weighted by atomic mass is 16.2. The molecule has 0 spiro atoms. The molecular weight excluding hydrogens is 192 g/mol. The Morgan fingerprint density at radius 1 is 1.40 bits per heavy atom. The monoisotopic (exact) mass is 206 g/mol. The fourth-order valence-electron chi connectivity index (χ4n) is 1.52. The predicted octanol–water partition coefficient (Wildman–Crippen LogP) is 0.0296. The molecule has 1 amide bonds. The average molecular weight is 206 g/mol. The van der Waals surface area contributed by atoms with E-state index in [1.807, 2.05) is 24.8 Å². The van der Waals surface area contributed by atoms with Crippen LogP contribution in [0.25, 0.3) is 0 Å². The number of rotatable bonds is 1. The first-order chi connectivity index (χ1) is 7.16. The van der Waals surface area contributed by atoms with Gasteiger partial charge >= 0.3 is 0 Å². The van der Waals surface area contributed by atoms with Crippen molar-refractivity contribution >= 4 is 11.7 Å². The van der Waals surface area contributed by atoms with Crippen LogP contribution in [0.3, 0.4) is 0 Å². The van der Waals surface area contributed by atoms with E-state index in [1.165, 1.54) is 0 Å². The van der Waals surface area contributed by atoms with Crippen LogP contribution in [-0.2, 0) is 4.79 Å². The van der Waals surface area contributed by atoms with Gasteiger partial charge in [0.05, 0.1) is 12.2 Å². The number of nitrogens with one attached hydrogen (secondary N) is 1. The van der Waals surface area contributed by atoms with Gasteiger partial charge in [0.15, 0.2) is 5.82 Å². The molecule has 0 aliphatic carbocycles. The molecule has 5 heteroatoms. The molecule has 1 aromatic heterocycles. The number of aryl methyl sites for hydroxylation is 2. The first kappa shape index (κ1) is 9.89. The van der Waals surface area contributed by atoms with Crippen molar-refractivity contribution in [3.05, 3.63) is 17.3 Å². The van der Waals surface area contributed by atoms with Crippen LogP contribution in [0.4, 0.5) is 5.82 Å². The van der Waals surface area contributed by atoms with Crippen LogP contribution in [0.15, 0.2) is 6.07 Å². The van der Waals surface area contributed by atoms with Crippen LogP contribution in [-0.4, -0.2) is 35.7 Å². The normalized spacial score (nSPS) is 16.4. The molecule has 80 valence electrons. The van der Waals surface area contributed by atoms with Gasteiger partial charge in [-0.25, -0.2) is 0 Å². The molecule has 0 aromatic carbocycles. The summed E-state index contributed by atoms with van der Waals surface area (Å²) in [6, 6.07) is 1.97. The number of aromatic nitrogens is 2. The number of carbonyl (C=O) groups is 1. The first-order valence-corrected chi connectivity index (χ1v) is 4.99. The molecule has 0 atom stereocenters. The molecule has 2 rings (SSSR count). The first-order valence-electron chi connectivity index (χ1n) is 4.99. The Balaban J connectivity index is 2.21. The van der Waals surface area contributed by atoms with Crippen molar-refractivity contribution in [1.29, 1.82) is 0 Å². The number of hydrogen-bond acceptors (Lipinski definition) is 4. The van der Waals surface area contributed by atoms with Crippen LogP contribution in [0.2, 0.25) is 0 Å². The fourth-order valence-corrected chi connectivity index (χ4v) is 1.52. The third kappa shape index (κ3) is 2.06. The van der Waals surface area contributed by atoms with Crippen molar-refractivity contribution < 1.29 is 4.79 Å². The van der Waals surface area contributed by atoms with Crippen molar-refractivity contribution in [2.45, 2.75) is 13.8 Å². The van der Waals surface area contributed by atoms with Crippen molar-refractivity contribution in [1.82, 2.24) is 15.5 Å². The molecule has 1 saturated heterocycles. The van der Waals surface area contributed by atoms with Gasteiger partial charge in [0.1, 0.15) is 0 Å². The zero-order chi connectivity index (χ0) is 10.8. The van der Waals surface area contributed by atoms with Gasteiger partial charge in [0.2, 0.25) is 5.91 Å². The lowest BCUT2D eigenvalue weighted by Crippen LogP contribution is -2.48. The Kier molecular flexibility index (Phi) is 2.53. The van der Waals surface area contributed by atoms with E-state index < -0.39 is 0 Å². The second-order valence-electron chi connectivity index (χ2n) is 3.74. The minimum absolute atomic E-state index is 0.0429. The summed E-state index contributed by atoms with van der Waals surface area (Å²) in [5, 5.41) is 10.9. The zero-order valence-electron chi connectivity index (χ0n) is 8.95. The molecule has 1 N–H and O–H groups in total. The molecule has 0 radical (unpaired) electrons. The Hall–Kier alpha value is -1.65. The molecule has 1 aliphatic heterocycles. The summed E-state index contributed by atoms with van der Waals surface area (Å²) in [7, 11) is 0. The minimum atomic E-state index is 0.0429. The highest BCUT2D eigenvalue weighted by Crippen LogP contribution is 2.13. The molecule has 1 fully saturated rings. The SMILES string of the molecule is Cc1cc(N2CCNC(=O)C2)nnc1C. The van der Waals surface area contributed by atoms with E-state index in [1.54, 1.807) is 0 Å². The summed E-state index contributed by atoms with van der Waals surface area (Å²) in [6.45, 7) is 5.76. The lowest BCUT2D eigenvalue weighted by molar-refractivity contribution is -0.120. The van der Waals surface area contributed by atoms with E-state index in [4.69, 9.17) is 0 Å².